The lowest BCUT2D eigenvalue weighted by Crippen LogP contribution is -2.40. The number of hydrogen-bond acceptors (Lipinski definition) is 5. The predicted octanol–water partition coefficient (Wildman–Crippen LogP) is 2.16. The van der Waals surface area contributed by atoms with Gasteiger partial charge in [-0.1, -0.05) is 6.07 Å². The Morgan fingerprint density at radius 1 is 1.21 bits per heavy atom. The molecule has 0 spiro atoms. The Balaban J connectivity index is 1.93. The number of ether oxygens (including phenoxy) is 2. The zero-order valence-electron chi connectivity index (χ0n) is 13.4. The van der Waals surface area contributed by atoms with E-state index < -0.39 is 11.8 Å². The molecule has 0 aliphatic carbocycles. The lowest BCUT2D eigenvalue weighted by Gasteiger charge is -2.09. The zero-order chi connectivity index (χ0) is 17.4. The molecule has 1 aromatic heterocycles. The minimum Gasteiger partial charge on any atom is -0.493 e. The van der Waals surface area contributed by atoms with Gasteiger partial charge in [-0.05, 0) is 42.8 Å². The van der Waals surface area contributed by atoms with Gasteiger partial charge >= 0.3 is 5.91 Å². The SMILES string of the molecule is CCOc1cc(/C=C/C(=O)NNC(=O)c2ccco2)ccc1OC. The van der Waals surface area contributed by atoms with Crippen LogP contribution in [0.25, 0.3) is 6.08 Å². The highest BCUT2D eigenvalue weighted by atomic mass is 16.5. The van der Waals surface area contributed by atoms with Crippen LogP contribution in [-0.2, 0) is 4.79 Å². The molecule has 2 amide bonds. The van der Waals surface area contributed by atoms with Crippen LogP contribution >= 0.6 is 0 Å². The summed E-state index contributed by atoms with van der Waals surface area (Å²) in [7, 11) is 1.56. The third-order valence-corrected chi connectivity index (χ3v) is 2.96. The van der Waals surface area contributed by atoms with E-state index in [-0.39, 0.29) is 5.76 Å². The quantitative estimate of drug-likeness (QED) is 0.626. The smallest absolute Gasteiger partial charge is 0.305 e. The Hall–Kier alpha value is -3.22. The van der Waals surface area contributed by atoms with Crippen molar-refractivity contribution in [1.82, 2.24) is 10.9 Å². The van der Waals surface area contributed by atoms with E-state index in [9.17, 15) is 9.59 Å². The largest absolute Gasteiger partial charge is 0.493 e. The van der Waals surface area contributed by atoms with Crippen LogP contribution in [0.2, 0.25) is 0 Å². The topological polar surface area (TPSA) is 89.8 Å². The van der Waals surface area contributed by atoms with Crippen molar-refractivity contribution in [2.75, 3.05) is 13.7 Å². The fraction of sp³-hybridized carbons (Fsp3) is 0.176. The number of rotatable bonds is 6. The molecule has 126 valence electrons. The molecule has 24 heavy (non-hydrogen) atoms. The second-order valence-corrected chi connectivity index (χ2v) is 4.60. The standard InChI is InChI=1S/C17H18N2O5/c1-3-23-15-11-12(6-8-13(15)22-2)7-9-16(20)18-19-17(21)14-5-4-10-24-14/h4-11H,3H2,1-2H3,(H,18,20)(H,19,21)/b9-7+. The lowest BCUT2D eigenvalue weighted by atomic mass is 10.2. The van der Waals surface area contributed by atoms with E-state index in [1.807, 2.05) is 6.92 Å². The fourth-order valence-corrected chi connectivity index (χ4v) is 1.87. The maximum absolute atomic E-state index is 11.7. The Kier molecular flexibility index (Phi) is 6.01. The molecule has 0 bridgehead atoms. The number of amides is 2. The van der Waals surface area contributed by atoms with Crippen molar-refractivity contribution >= 4 is 17.9 Å². The zero-order valence-corrected chi connectivity index (χ0v) is 13.4. The number of benzene rings is 1. The van der Waals surface area contributed by atoms with Gasteiger partial charge in [0.15, 0.2) is 17.3 Å². The molecule has 0 unspecified atom stereocenters. The van der Waals surface area contributed by atoms with E-state index >= 15 is 0 Å². The van der Waals surface area contributed by atoms with Crippen molar-refractivity contribution in [2.45, 2.75) is 6.92 Å². The van der Waals surface area contributed by atoms with Crippen LogP contribution in [0.1, 0.15) is 23.0 Å². The van der Waals surface area contributed by atoms with Gasteiger partial charge in [-0.25, -0.2) is 0 Å². The summed E-state index contributed by atoms with van der Waals surface area (Å²) in [4.78, 5) is 23.3. The number of carbonyl (C=O) groups excluding carboxylic acids is 2. The number of carbonyl (C=O) groups is 2. The van der Waals surface area contributed by atoms with Crippen molar-refractivity contribution in [1.29, 1.82) is 0 Å². The number of hydrazine groups is 1. The molecule has 0 aliphatic heterocycles. The summed E-state index contributed by atoms with van der Waals surface area (Å²) in [5.41, 5.74) is 5.26. The maximum atomic E-state index is 11.7. The number of hydrogen-bond donors (Lipinski definition) is 2. The Morgan fingerprint density at radius 2 is 2.04 bits per heavy atom. The highest BCUT2D eigenvalue weighted by Crippen LogP contribution is 2.28. The van der Waals surface area contributed by atoms with Gasteiger partial charge in [0, 0.05) is 6.08 Å². The highest BCUT2D eigenvalue weighted by Gasteiger charge is 2.08. The van der Waals surface area contributed by atoms with Crippen molar-refractivity contribution < 1.29 is 23.5 Å². The summed E-state index contributed by atoms with van der Waals surface area (Å²) in [5.74, 6) is 0.294. The third-order valence-electron chi connectivity index (χ3n) is 2.96. The van der Waals surface area contributed by atoms with Gasteiger partial charge in [-0.15, -0.1) is 0 Å². The van der Waals surface area contributed by atoms with Crippen LogP contribution in [0.3, 0.4) is 0 Å². The first kappa shape index (κ1) is 17.1. The van der Waals surface area contributed by atoms with Crippen molar-refractivity contribution in [3.05, 3.63) is 54.0 Å². The number of furan rings is 1. The first-order chi connectivity index (χ1) is 11.6. The molecule has 2 rings (SSSR count). The number of nitrogens with one attached hydrogen (secondary N) is 2. The van der Waals surface area contributed by atoms with E-state index in [1.54, 1.807) is 37.5 Å². The van der Waals surface area contributed by atoms with E-state index in [2.05, 4.69) is 10.9 Å². The lowest BCUT2D eigenvalue weighted by molar-refractivity contribution is -0.117. The molecule has 0 aliphatic rings. The average Bonchev–Trinajstić information content (AvgIpc) is 3.13. The van der Waals surface area contributed by atoms with Gasteiger partial charge in [-0.3, -0.25) is 20.4 Å². The third kappa shape index (κ3) is 4.64. The minimum absolute atomic E-state index is 0.107. The van der Waals surface area contributed by atoms with E-state index in [4.69, 9.17) is 13.9 Å². The summed E-state index contributed by atoms with van der Waals surface area (Å²) in [5, 5.41) is 0. The Labute approximate surface area is 139 Å². The fourth-order valence-electron chi connectivity index (χ4n) is 1.87. The van der Waals surface area contributed by atoms with Gasteiger partial charge in [0.1, 0.15) is 0 Å². The summed E-state index contributed by atoms with van der Waals surface area (Å²) in [6.45, 7) is 2.37. The molecule has 0 atom stereocenters. The average molecular weight is 330 g/mol. The first-order valence-electron chi connectivity index (χ1n) is 7.26. The molecule has 2 aromatic rings. The second kappa shape index (κ2) is 8.42. The molecular formula is C17H18N2O5. The molecule has 0 fully saturated rings. The molecule has 1 aromatic carbocycles. The molecule has 7 heteroatoms. The van der Waals surface area contributed by atoms with Crippen LogP contribution in [0, 0.1) is 0 Å². The van der Waals surface area contributed by atoms with Crippen LogP contribution in [0.5, 0.6) is 11.5 Å². The Bertz CT molecular complexity index is 723. The molecule has 0 saturated heterocycles. The first-order valence-corrected chi connectivity index (χ1v) is 7.26. The van der Waals surface area contributed by atoms with Crippen molar-refractivity contribution in [2.24, 2.45) is 0 Å². The molecule has 0 saturated carbocycles. The molecular weight excluding hydrogens is 312 g/mol. The van der Waals surface area contributed by atoms with Gasteiger partial charge in [0.25, 0.3) is 5.91 Å². The predicted molar refractivity (Wildman–Crippen MR) is 87.5 cm³/mol. The van der Waals surface area contributed by atoms with Crippen LogP contribution in [-0.4, -0.2) is 25.5 Å². The van der Waals surface area contributed by atoms with Crippen LogP contribution in [0.4, 0.5) is 0 Å². The van der Waals surface area contributed by atoms with Gasteiger partial charge in [-0.2, -0.15) is 0 Å². The van der Waals surface area contributed by atoms with Crippen LogP contribution in [0.15, 0.2) is 47.1 Å². The Morgan fingerprint density at radius 3 is 2.71 bits per heavy atom. The normalized spacial score (nSPS) is 10.4. The van der Waals surface area contributed by atoms with Gasteiger partial charge < -0.3 is 13.9 Å². The summed E-state index contributed by atoms with van der Waals surface area (Å²) in [6, 6.07) is 8.36. The van der Waals surface area contributed by atoms with Crippen molar-refractivity contribution in [3.8, 4) is 11.5 Å². The van der Waals surface area contributed by atoms with E-state index in [0.717, 1.165) is 5.56 Å². The van der Waals surface area contributed by atoms with E-state index in [1.165, 1.54) is 18.4 Å². The number of methoxy groups -OCH3 is 1. The summed E-state index contributed by atoms with van der Waals surface area (Å²) >= 11 is 0. The molecule has 2 N–H and O–H groups in total. The molecule has 7 nitrogen and oxygen atoms in total. The minimum atomic E-state index is -0.537. The monoisotopic (exact) mass is 330 g/mol. The van der Waals surface area contributed by atoms with Crippen LogP contribution < -0.4 is 20.3 Å². The van der Waals surface area contributed by atoms with Gasteiger partial charge in [0.05, 0.1) is 20.0 Å². The summed E-state index contributed by atoms with van der Waals surface area (Å²) < 4.78 is 15.6. The highest BCUT2D eigenvalue weighted by molar-refractivity contribution is 5.96. The van der Waals surface area contributed by atoms with Crippen molar-refractivity contribution in [3.63, 3.8) is 0 Å². The molecule has 1 heterocycles. The summed E-state index contributed by atoms with van der Waals surface area (Å²) in [6.07, 6.45) is 4.26. The maximum Gasteiger partial charge on any atom is 0.305 e. The second-order valence-electron chi connectivity index (χ2n) is 4.60. The van der Waals surface area contributed by atoms with Gasteiger partial charge in [0.2, 0.25) is 0 Å². The van der Waals surface area contributed by atoms with E-state index in [0.29, 0.717) is 18.1 Å². The molecule has 0 radical (unpaired) electrons.